The molecule has 2 aliphatic heterocycles. The van der Waals surface area contributed by atoms with Crippen molar-refractivity contribution in [1.82, 2.24) is 10.2 Å². The van der Waals surface area contributed by atoms with E-state index in [1.165, 1.54) is 16.2 Å². The quantitative estimate of drug-likeness (QED) is 0.401. The number of hydrogen-bond donors (Lipinski definition) is 2. The van der Waals surface area contributed by atoms with E-state index >= 15 is 0 Å². The van der Waals surface area contributed by atoms with Crippen molar-refractivity contribution in [3.8, 4) is 0 Å². The van der Waals surface area contributed by atoms with Crippen LogP contribution in [0.1, 0.15) is 79.0 Å². The minimum Gasteiger partial charge on any atom is -0.346 e. The Kier molecular flexibility index (Phi) is 8.55. The molecule has 3 atom stereocenters. The van der Waals surface area contributed by atoms with Gasteiger partial charge >= 0.3 is 6.18 Å². The molecule has 1 aromatic rings. The van der Waals surface area contributed by atoms with E-state index in [0.717, 1.165) is 18.7 Å². The molecule has 1 saturated carbocycles. The third-order valence-corrected chi connectivity index (χ3v) is 11.3. The zero-order valence-electron chi connectivity index (χ0n) is 21.6. The van der Waals surface area contributed by atoms with Gasteiger partial charge in [0.05, 0.1) is 38.0 Å². The van der Waals surface area contributed by atoms with E-state index in [1.807, 2.05) is 12.1 Å². The maximum absolute atomic E-state index is 13.0. The Balaban J connectivity index is 1.33. The summed E-state index contributed by atoms with van der Waals surface area (Å²) in [5.74, 6) is -0.415. The van der Waals surface area contributed by atoms with Crippen LogP contribution in [-0.4, -0.2) is 51.5 Å². The number of amides is 1. The topological polar surface area (TPSA) is 85.6 Å². The SMILES string of the molecule is CC[S@](=N)(=O)C1C=NC(CNC(=O)c2cc3c(s2)[C@H](C(C)C)N(CC2CCC(C(F)(F)F)CC2)C3)=CC1. The average Bonchev–Trinajstić information content (AvgIpc) is 3.40. The van der Waals surface area contributed by atoms with Crippen LogP contribution >= 0.6 is 11.3 Å². The third kappa shape index (κ3) is 6.47. The molecule has 0 aromatic carbocycles. The van der Waals surface area contributed by atoms with E-state index < -0.39 is 21.8 Å². The summed E-state index contributed by atoms with van der Waals surface area (Å²) in [5.41, 5.74) is 1.84. The predicted molar refractivity (Wildman–Crippen MR) is 143 cm³/mol. The molecule has 0 spiro atoms. The van der Waals surface area contributed by atoms with Crippen molar-refractivity contribution in [2.75, 3.05) is 18.8 Å². The maximum Gasteiger partial charge on any atom is 0.391 e. The summed E-state index contributed by atoms with van der Waals surface area (Å²) < 4.78 is 59.3. The molecule has 1 aromatic heterocycles. The zero-order chi connectivity index (χ0) is 27.0. The van der Waals surface area contributed by atoms with Gasteiger partial charge in [0.2, 0.25) is 0 Å². The number of carbonyl (C=O) groups is 1. The molecular formula is C26H37F3N4O2S2. The lowest BCUT2D eigenvalue weighted by atomic mass is 9.81. The van der Waals surface area contributed by atoms with Crippen molar-refractivity contribution in [1.29, 1.82) is 4.78 Å². The van der Waals surface area contributed by atoms with Gasteiger partial charge in [-0.2, -0.15) is 13.2 Å². The number of carbonyl (C=O) groups excluding carboxylic acids is 1. The highest BCUT2D eigenvalue weighted by Crippen LogP contribution is 2.46. The molecule has 3 aliphatic rings. The van der Waals surface area contributed by atoms with Gasteiger partial charge in [0.15, 0.2) is 0 Å². The standard InChI is InChI=1S/C26H37F3N4O2S2/c1-4-37(30,35)21-10-9-20(31-13-21)12-32-25(34)22-11-18-15-33(23(16(2)3)24(18)36-22)14-17-5-7-19(8-6-17)26(27,28)29/h9,11,13,16-17,19,21,23,30H,4-8,10,12,14-15H2,1-3H3,(H,32,34)/t17?,19?,21?,23-,37-/m0/s1. The molecule has 3 heterocycles. The molecule has 206 valence electrons. The molecule has 2 N–H and O–H groups in total. The summed E-state index contributed by atoms with van der Waals surface area (Å²) in [6.45, 7) is 7.85. The summed E-state index contributed by atoms with van der Waals surface area (Å²) >= 11 is 1.51. The molecule has 37 heavy (non-hydrogen) atoms. The smallest absolute Gasteiger partial charge is 0.346 e. The van der Waals surface area contributed by atoms with Crippen LogP contribution in [0, 0.1) is 22.5 Å². The van der Waals surface area contributed by atoms with Gasteiger partial charge < -0.3 is 5.32 Å². The Morgan fingerprint density at radius 3 is 2.57 bits per heavy atom. The lowest BCUT2D eigenvalue weighted by Gasteiger charge is -2.35. The highest BCUT2D eigenvalue weighted by molar-refractivity contribution is 7.93. The van der Waals surface area contributed by atoms with Crippen molar-refractivity contribution in [2.45, 2.75) is 76.9 Å². The second-order valence-electron chi connectivity index (χ2n) is 10.8. The van der Waals surface area contributed by atoms with Crippen molar-refractivity contribution < 1.29 is 22.2 Å². The minimum absolute atomic E-state index is 0.157. The largest absolute Gasteiger partial charge is 0.391 e. The van der Waals surface area contributed by atoms with Crippen LogP contribution in [0.25, 0.3) is 0 Å². The summed E-state index contributed by atoms with van der Waals surface area (Å²) in [6, 6.07) is 2.12. The van der Waals surface area contributed by atoms with Crippen LogP contribution < -0.4 is 5.32 Å². The molecule has 0 bridgehead atoms. The fourth-order valence-corrected chi connectivity index (χ4v) is 8.20. The monoisotopic (exact) mass is 558 g/mol. The number of aliphatic imine (C=N–C) groups is 1. The van der Waals surface area contributed by atoms with E-state index in [4.69, 9.17) is 4.78 Å². The van der Waals surface area contributed by atoms with Crippen LogP contribution in [0.15, 0.2) is 22.8 Å². The number of halogens is 3. The van der Waals surface area contributed by atoms with Gasteiger partial charge in [-0.25, -0.2) is 4.21 Å². The van der Waals surface area contributed by atoms with Gasteiger partial charge in [0.25, 0.3) is 5.91 Å². The number of nitrogens with zero attached hydrogens (tertiary/aromatic N) is 2. The highest BCUT2D eigenvalue weighted by atomic mass is 32.2. The van der Waals surface area contributed by atoms with Crippen LogP contribution in [0.3, 0.4) is 0 Å². The van der Waals surface area contributed by atoms with Gasteiger partial charge in [-0.1, -0.05) is 26.8 Å². The number of hydrogen-bond acceptors (Lipinski definition) is 6. The first-order chi connectivity index (χ1) is 17.4. The normalized spacial score (nSPS) is 28.1. The number of allylic oxidation sites excluding steroid dienone is 1. The fourth-order valence-electron chi connectivity index (χ4n) is 5.71. The van der Waals surface area contributed by atoms with E-state index in [1.54, 1.807) is 13.1 Å². The maximum atomic E-state index is 13.0. The number of fused-ring (bicyclic) bond motifs is 1. The zero-order valence-corrected chi connectivity index (χ0v) is 23.3. The summed E-state index contributed by atoms with van der Waals surface area (Å²) in [6.07, 6.45) is 1.51. The van der Waals surface area contributed by atoms with E-state index in [-0.39, 0.29) is 42.5 Å². The van der Waals surface area contributed by atoms with Gasteiger partial charge in [-0.15, -0.1) is 11.3 Å². The Bertz CT molecular complexity index is 1150. The van der Waals surface area contributed by atoms with Gasteiger partial charge in [0.1, 0.15) is 0 Å². The minimum atomic E-state index is -4.08. The first kappa shape index (κ1) is 28.3. The predicted octanol–water partition coefficient (Wildman–Crippen LogP) is 6.15. The van der Waals surface area contributed by atoms with Crippen LogP contribution in [0.2, 0.25) is 0 Å². The number of rotatable bonds is 8. The van der Waals surface area contributed by atoms with Crippen molar-refractivity contribution in [2.24, 2.45) is 22.7 Å². The van der Waals surface area contributed by atoms with E-state index in [0.29, 0.717) is 41.5 Å². The third-order valence-electron chi connectivity index (χ3n) is 7.88. The lowest BCUT2D eigenvalue weighted by Crippen LogP contribution is -2.35. The molecule has 1 aliphatic carbocycles. The lowest BCUT2D eigenvalue weighted by molar-refractivity contribution is -0.184. The fraction of sp³-hybridized carbons (Fsp3) is 0.692. The Hall–Kier alpha value is -1.72. The number of thiophene rings is 1. The van der Waals surface area contributed by atoms with E-state index in [9.17, 15) is 22.2 Å². The second-order valence-corrected chi connectivity index (χ2v) is 14.5. The van der Waals surface area contributed by atoms with Crippen LogP contribution in [0.5, 0.6) is 0 Å². The number of nitrogens with one attached hydrogen (secondary N) is 2. The van der Waals surface area contributed by atoms with Crippen molar-refractivity contribution in [3.63, 3.8) is 0 Å². The van der Waals surface area contributed by atoms with Crippen molar-refractivity contribution >= 4 is 33.2 Å². The molecule has 4 rings (SSSR count). The van der Waals surface area contributed by atoms with Gasteiger partial charge in [-0.3, -0.25) is 19.5 Å². The molecule has 0 radical (unpaired) electrons. The first-order valence-electron chi connectivity index (χ1n) is 13.1. The summed E-state index contributed by atoms with van der Waals surface area (Å²) in [5, 5.41) is 2.55. The molecule has 11 heteroatoms. The molecule has 1 amide bonds. The Morgan fingerprint density at radius 1 is 1.30 bits per heavy atom. The van der Waals surface area contributed by atoms with Crippen LogP contribution in [0.4, 0.5) is 13.2 Å². The van der Waals surface area contributed by atoms with Crippen LogP contribution in [-0.2, 0) is 16.3 Å². The first-order valence-corrected chi connectivity index (χ1v) is 15.7. The molecule has 6 nitrogen and oxygen atoms in total. The molecule has 1 unspecified atom stereocenters. The molecule has 1 fully saturated rings. The second kappa shape index (κ2) is 11.2. The summed E-state index contributed by atoms with van der Waals surface area (Å²) in [7, 11) is -2.68. The molecular weight excluding hydrogens is 521 g/mol. The Morgan fingerprint density at radius 2 is 2.00 bits per heavy atom. The van der Waals surface area contributed by atoms with E-state index in [2.05, 4.69) is 29.1 Å². The Labute approximate surface area is 221 Å². The molecule has 0 saturated heterocycles. The van der Waals surface area contributed by atoms with Gasteiger partial charge in [0, 0.05) is 36.0 Å². The van der Waals surface area contributed by atoms with Gasteiger partial charge in [-0.05, 0) is 55.6 Å². The summed E-state index contributed by atoms with van der Waals surface area (Å²) in [4.78, 5) is 21.4. The highest BCUT2D eigenvalue weighted by Gasteiger charge is 2.43. The van der Waals surface area contributed by atoms with Crippen molar-refractivity contribution in [3.05, 3.63) is 33.2 Å². The number of alkyl halides is 3. The average molecular weight is 559 g/mol.